The van der Waals surface area contributed by atoms with E-state index in [0.717, 1.165) is 0 Å². The Balaban J connectivity index is 2.13. The molecule has 0 aliphatic rings. The van der Waals surface area contributed by atoms with Gasteiger partial charge in [0, 0.05) is 21.6 Å². The predicted molar refractivity (Wildman–Crippen MR) is 72.8 cm³/mol. The monoisotopic (exact) mass is 331 g/mol. The highest BCUT2D eigenvalue weighted by molar-refractivity contribution is 9.10. The molecule has 2 aromatic rings. The molecule has 0 unspecified atom stereocenters. The minimum absolute atomic E-state index is 0.191. The van der Waals surface area contributed by atoms with Gasteiger partial charge in [-0.1, -0.05) is 33.6 Å². The molecule has 1 N–H and O–H groups in total. The molecule has 0 atom stereocenters. The molecule has 0 aromatic heterocycles. The SMILES string of the molecule is Fc1cc(Br)ccc1CNc1cc(Cl)ccc1F. The molecule has 0 bridgehead atoms. The van der Waals surface area contributed by atoms with E-state index in [4.69, 9.17) is 11.6 Å². The Morgan fingerprint density at radius 3 is 2.56 bits per heavy atom. The van der Waals surface area contributed by atoms with Crippen LogP contribution in [-0.2, 0) is 6.54 Å². The number of halogens is 4. The highest BCUT2D eigenvalue weighted by Gasteiger charge is 2.05. The van der Waals surface area contributed by atoms with Crippen molar-refractivity contribution in [1.82, 2.24) is 0 Å². The van der Waals surface area contributed by atoms with E-state index < -0.39 is 5.82 Å². The summed E-state index contributed by atoms with van der Waals surface area (Å²) in [6, 6.07) is 8.92. The van der Waals surface area contributed by atoms with Gasteiger partial charge in [0.2, 0.25) is 0 Å². The summed E-state index contributed by atoms with van der Waals surface area (Å²) < 4.78 is 27.6. The molecule has 0 saturated heterocycles. The fraction of sp³-hybridized carbons (Fsp3) is 0.0769. The van der Waals surface area contributed by atoms with Crippen molar-refractivity contribution in [2.75, 3.05) is 5.32 Å². The Hall–Kier alpha value is -1.13. The molecule has 94 valence electrons. The fourth-order valence-corrected chi connectivity index (χ4v) is 1.99. The Morgan fingerprint density at radius 1 is 1.06 bits per heavy atom. The van der Waals surface area contributed by atoms with Crippen molar-refractivity contribution < 1.29 is 8.78 Å². The van der Waals surface area contributed by atoms with Gasteiger partial charge < -0.3 is 5.32 Å². The van der Waals surface area contributed by atoms with Gasteiger partial charge in [-0.25, -0.2) is 8.78 Å². The first-order valence-corrected chi connectivity index (χ1v) is 6.36. The van der Waals surface area contributed by atoms with E-state index in [2.05, 4.69) is 21.2 Å². The number of anilines is 1. The molecule has 2 aromatic carbocycles. The van der Waals surface area contributed by atoms with E-state index in [-0.39, 0.29) is 18.0 Å². The van der Waals surface area contributed by atoms with Crippen LogP contribution in [0.2, 0.25) is 5.02 Å². The summed E-state index contributed by atoms with van der Waals surface area (Å²) >= 11 is 8.94. The molecule has 0 saturated carbocycles. The van der Waals surface area contributed by atoms with Crippen LogP contribution in [0.3, 0.4) is 0 Å². The van der Waals surface area contributed by atoms with Gasteiger partial charge in [-0.15, -0.1) is 0 Å². The van der Waals surface area contributed by atoms with Crippen molar-refractivity contribution >= 4 is 33.2 Å². The number of nitrogens with one attached hydrogen (secondary N) is 1. The Bertz CT molecular complexity index is 575. The summed E-state index contributed by atoms with van der Waals surface area (Å²) in [7, 11) is 0. The second-order valence-corrected chi connectivity index (χ2v) is 5.07. The van der Waals surface area contributed by atoms with Crippen molar-refractivity contribution in [3.63, 3.8) is 0 Å². The van der Waals surface area contributed by atoms with Crippen molar-refractivity contribution in [2.45, 2.75) is 6.54 Å². The summed E-state index contributed by atoms with van der Waals surface area (Å²) in [5, 5.41) is 3.24. The highest BCUT2D eigenvalue weighted by atomic mass is 79.9. The minimum atomic E-state index is -0.420. The van der Waals surface area contributed by atoms with Crippen molar-refractivity contribution in [2.24, 2.45) is 0 Å². The molecular formula is C13H9BrClF2N. The fourth-order valence-electron chi connectivity index (χ4n) is 1.49. The van der Waals surface area contributed by atoms with Gasteiger partial charge in [0.05, 0.1) is 5.69 Å². The smallest absolute Gasteiger partial charge is 0.146 e. The van der Waals surface area contributed by atoms with Crippen LogP contribution >= 0.6 is 27.5 Å². The highest BCUT2D eigenvalue weighted by Crippen LogP contribution is 2.21. The molecule has 0 aliphatic heterocycles. The zero-order valence-corrected chi connectivity index (χ0v) is 11.5. The summed E-state index contributed by atoms with van der Waals surface area (Å²) in [4.78, 5) is 0. The van der Waals surface area contributed by atoms with Crippen LogP contribution in [0, 0.1) is 11.6 Å². The summed E-state index contributed by atoms with van der Waals surface area (Å²) in [5.74, 6) is -0.767. The molecule has 0 spiro atoms. The Morgan fingerprint density at radius 2 is 1.83 bits per heavy atom. The molecule has 2 rings (SSSR count). The van der Waals surface area contributed by atoms with Crippen LogP contribution in [0.1, 0.15) is 5.56 Å². The minimum Gasteiger partial charge on any atom is -0.378 e. The van der Waals surface area contributed by atoms with E-state index in [1.54, 1.807) is 12.1 Å². The van der Waals surface area contributed by atoms with Crippen LogP contribution in [0.15, 0.2) is 40.9 Å². The van der Waals surface area contributed by atoms with E-state index in [0.29, 0.717) is 15.1 Å². The number of rotatable bonds is 3. The molecule has 0 heterocycles. The predicted octanol–water partition coefficient (Wildman–Crippen LogP) is 4.99. The number of hydrogen-bond acceptors (Lipinski definition) is 1. The molecule has 0 aliphatic carbocycles. The largest absolute Gasteiger partial charge is 0.378 e. The van der Waals surface area contributed by atoms with E-state index in [9.17, 15) is 8.78 Å². The van der Waals surface area contributed by atoms with Gasteiger partial charge >= 0.3 is 0 Å². The Labute approximate surface area is 117 Å². The first kappa shape index (κ1) is 13.3. The lowest BCUT2D eigenvalue weighted by Crippen LogP contribution is -2.03. The molecule has 18 heavy (non-hydrogen) atoms. The summed E-state index contributed by atoms with van der Waals surface area (Å²) in [6.07, 6.45) is 0. The number of hydrogen-bond donors (Lipinski definition) is 1. The first-order valence-electron chi connectivity index (χ1n) is 5.19. The second-order valence-electron chi connectivity index (χ2n) is 3.71. The van der Waals surface area contributed by atoms with Gasteiger partial charge in [-0.3, -0.25) is 0 Å². The maximum atomic E-state index is 13.5. The van der Waals surface area contributed by atoms with Gasteiger partial charge in [0.1, 0.15) is 11.6 Å². The zero-order valence-electron chi connectivity index (χ0n) is 9.18. The molecule has 0 fully saturated rings. The molecule has 5 heteroatoms. The summed E-state index contributed by atoms with van der Waals surface area (Å²) in [5.41, 5.74) is 0.711. The standard InChI is InChI=1S/C13H9BrClF2N/c14-9-2-1-8(12(17)5-9)7-18-13-6-10(15)3-4-11(13)16/h1-6,18H,7H2. The normalized spacial score (nSPS) is 10.4. The average molecular weight is 333 g/mol. The van der Waals surface area contributed by atoms with Crippen LogP contribution in [-0.4, -0.2) is 0 Å². The third-order valence-electron chi connectivity index (χ3n) is 2.41. The van der Waals surface area contributed by atoms with Crippen LogP contribution in [0.5, 0.6) is 0 Å². The van der Waals surface area contributed by atoms with Crippen molar-refractivity contribution in [3.8, 4) is 0 Å². The van der Waals surface area contributed by atoms with Crippen LogP contribution < -0.4 is 5.32 Å². The maximum Gasteiger partial charge on any atom is 0.146 e. The molecule has 0 radical (unpaired) electrons. The van der Waals surface area contributed by atoms with Crippen molar-refractivity contribution in [3.05, 3.63) is 63.1 Å². The lowest BCUT2D eigenvalue weighted by atomic mass is 10.2. The second kappa shape index (κ2) is 5.67. The van der Waals surface area contributed by atoms with Crippen molar-refractivity contribution in [1.29, 1.82) is 0 Å². The van der Waals surface area contributed by atoms with E-state index in [1.165, 1.54) is 24.3 Å². The zero-order chi connectivity index (χ0) is 13.1. The van der Waals surface area contributed by atoms with Gasteiger partial charge in [0.15, 0.2) is 0 Å². The van der Waals surface area contributed by atoms with Crippen LogP contribution in [0.25, 0.3) is 0 Å². The summed E-state index contributed by atoms with van der Waals surface area (Å²) in [6.45, 7) is 0.191. The molecular weight excluding hydrogens is 324 g/mol. The van der Waals surface area contributed by atoms with Gasteiger partial charge in [-0.05, 0) is 30.3 Å². The molecule has 1 nitrogen and oxygen atoms in total. The lowest BCUT2D eigenvalue weighted by Gasteiger charge is -2.09. The topological polar surface area (TPSA) is 12.0 Å². The van der Waals surface area contributed by atoms with Crippen LogP contribution in [0.4, 0.5) is 14.5 Å². The van der Waals surface area contributed by atoms with Gasteiger partial charge in [-0.2, -0.15) is 0 Å². The maximum absolute atomic E-state index is 13.5. The van der Waals surface area contributed by atoms with E-state index in [1.807, 2.05) is 0 Å². The average Bonchev–Trinajstić information content (AvgIpc) is 2.32. The Kier molecular flexibility index (Phi) is 4.19. The lowest BCUT2D eigenvalue weighted by molar-refractivity contribution is 0.609. The third-order valence-corrected chi connectivity index (χ3v) is 3.14. The number of benzene rings is 2. The third kappa shape index (κ3) is 3.21. The van der Waals surface area contributed by atoms with Gasteiger partial charge in [0.25, 0.3) is 0 Å². The quantitative estimate of drug-likeness (QED) is 0.834. The molecule has 0 amide bonds. The van der Waals surface area contributed by atoms with E-state index >= 15 is 0 Å². The first-order chi connectivity index (χ1) is 8.56.